The molecule has 0 N–H and O–H groups in total. The largest absolute Gasteiger partial charge is 0.0895 e. The van der Waals surface area contributed by atoms with E-state index >= 15 is 0 Å². The van der Waals surface area contributed by atoms with Crippen molar-refractivity contribution in [2.45, 2.75) is 60.2 Å². The van der Waals surface area contributed by atoms with Crippen molar-refractivity contribution in [3.63, 3.8) is 0 Å². The summed E-state index contributed by atoms with van der Waals surface area (Å²) >= 11 is 2.00. The molecule has 0 aromatic heterocycles. The molecule has 0 heterocycles. The maximum atomic E-state index is 2.35. The SMILES string of the molecule is c1ccc(C2CCC2)c(Sc2ccccc2C2CCC2)c1. The van der Waals surface area contributed by atoms with E-state index in [1.54, 1.807) is 11.1 Å². The first kappa shape index (κ1) is 13.5. The van der Waals surface area contributed by atoms with E-state index in [1.165, 1.54) is 48.3 Å². The van der Waals surface area contributed by atoms with Crippen LogP contribution in [0.4, 0.5) is 0 Å². The molecule has 2 aliphatic rings. The van der Waals surface area contributed by atoms with E-state index in [1.807, 2.05) is 11.8 Å². The third-order valence-electron chi connectivity index (χ3n) is 5.15. The van der Waals surface area contributed by atoms with Crippen LogP contribution in [0.1, 0.15) is 61.5 Å². The van der Waals surface area contributed by atoms with Gasteiger partial charge in [-0.2, -0.15) is 0 Å². The second-order valence-corrected chi connectivity index (χ2v) is 7.52. The quantitative estimate of drug-likeness (QED) is 0.631. The van der Waals surface area contributed by atoms with E-state index < -0.39 is 0 Å². The van der Waals surface area contributed by atoms with Crippen molar-refractivity contribution >= 4 is 11.8 Å². The minimum Gasteiger partial charge on any atom is -0.0895 e. The summed E-state index contributed by atoms with van der Waals surface area (Å²) in [5, 5.41) is 0. The zero-order valence-corrected chi connectivity index (χ0v) is 13.2. The normalized spacial score (nSPS) is 19.0. The highest BCUT2D eigenvalue weighted by Gasteiger charge is 2.24. The topological polar surface area (TPSA) is 0 Å². The van der Waals surface area contributed by atoms with Gasteiger partial charge in [-0.3, -0.25) is 0 Å². The van der Waals surface area contributed by atoms with Gasteiger partial charge in [0.1, 0.15) is 0 Å². The van der Waals surface area contributed by atoms with Gasteiger partial charge in [0.05, 0.1) is 0 Å². The Morgan fingerprint density at radius 1 is 0.619 bits per heavy atom. The first-order valence-electron chi connectivity index (χ1n) is 8.27. The van der Waals surface area contributed by atoms with Crippen LogP contribution in [0.5, 0.6) is 0 Å². The summed E-state index contributed by atoms with van der Waals surface area (Å²) in [4.78, 5) is 2.96. The van der Waals surface area contributed by atoms with Gasteiger partial charge in [0.25, 0.3) is 0 Å². The lowest BCUT2D eigenvalue weighted by molar-refractivity contribution is 0.413. The first-order chi connectivity index (χ1) is 10.4. The van der Waals surface area contributed by atoms with Gasteiger partial charge >= 0.3 is 0 Å². The predicted octanol–water partition coefficient (Wildman–Crippen LogP) is 6.37. The van der Waals surface area contributed by atoms with Crippen LogP contribution in [0.3, 0.4) is 0 Å². The molecule has 0 unspecified atom stereocenters. The fourth-order valence-electron chi connectivity index (χ4n) is 3.38. The standard InChI is InChI=1S/C20H22S/c1-3-13-19(17(11-1)15-7-5-8-15)21-20-14-4-2-12-18(20)16-9-6-10-16/h1-4,11-16H,5-10H2. The fourth-order valence-corrected chi connectivity index (χ4v) is 4.61. The summed E-state index contributed by atoms with van der Waals surface area (Å²) in [6, 6.07) is 18.1. The van der Waals surface area contributed by atoms with E-state index in [0.29, 0.717) is 0 Å². The van der Waals surface area contributed by atoms with Gasteiger partial charge in [0, 0.05) is 9.79 Å². The van der Waals surface area contributed by atoms with E-state index in [9.17, 15) is 0 Å². The zero-order chi connectivity index (χ0) is 14.1. The number of hydrogen-bond acceptors (Lipinski definition) is 1. The van der Waals surface area contributed by atoms with E-state index in [0.717, 1.165) is 11.8 Å². The molecule has 21 heavy (non-hydrogen) atoms. The Kier molecular flexibility index (Phi) is 3.77. The van der Waals surface area contributed by atoms with Crippen molar-refractivity contribution in [1.82, 2.24) is 0 Å². The van der Waals surface area contributed by atoms with Gasteiger partial charge in [-0.1, -0.05) is 61.0 Å². The second-order valence-electron chi connectivity index (χ2n) is 6.43. The Morgan fingerprint density at radius 3 is 1.43 bits per heavy atom. The molecule has 0 bridgehead atoms. The number of rotatable bonds is 4. The van der Waals surface area contributed by atoms with Gasteiger partial charge in [-0.25, -0.2) is 0 Å². The summed E-state index contributed by atoms with van der Waals surface area (Å²) in [6.45, 7) is 0. The Labute approximate surface area is 132 Å². The summed E-state index contributed by atoms with van der Waals surface area (Å²) in [5.41, 5.74) is 3.16. The molecule has 2 aliphatic carbocycles. The average molecular weight is 294 g/mol. The van der Waals surface area contributed by atoms with E-state index in [-0.39, 0.29) is 0 Å². The van der Waals surface area contributed by atoms with E-state index in [2.05, 4.69) is 48.5 Å². The van der Waals surface area contributed by atoms with Crippen LogP contribution in [0.25, 0.3) is 0 Å². The van der Waals surface area contributed by atoms with Crippen LogP contribution in [0.2, 0.25) is 0 Å². The molecule has 2 fully saturated rings. The minimum absolute atomic E-state index is 0.810. The Bertz CT molecular complexity index is 568. The predicted molar refractivity (Wildman–Crippen MR) is 90.2 cm³/mol. The van der Waals surface area contributed by atoms with Crippen molar-refractivity contribution in [2.24, 2.45) is 0 Å². The van der Waals surface area contributed by atoms with Gasteiger partial charge in [0.15, 0.2) is 0 Å². The molecule has 0 atom stereocenters. The van der Waals surface area contributed by atoms with E-state index in [4.69, 9.17) is 0 Å². The van der Waals surface area contributed by atoms with Crippen LogP contribution in [0, 0.1) is 0 Å². The molecule has 2 saturated carbocycles. The summed E-state index contributed by atoms with van der Waals surface area (Å²) < 4.78 is 0. The lowest BCUT2D eigenvalue weighted by Crippen LogP contribution is -2.11. The highest BCUT2D eigenvalue weighted by Crippen LogP contribution is 2.46. The smallest absolute Gasteiger partial charge is 0.0157 e. The lowest BCUT2D eigenvalue weighted by Gasteiger charge is -2.29. The number of hydrogen-bond donors (Lipinski definition) is 0. The molecule has 4 rings (SSSR count). The Morgan fingerprint density at radius 2 is 1.05 bits per heavy atom. The maximum absolute atomic E-state index is 2.35. The molecule has 2 aromatic rings. The van der Waals surface area contributed by atoms with Crippen molar-refractivity contribution in [3.05, 3.63) is 59.7 Å². The van der Waals surface area contributed by atoms with Crippen molar-refractivity contribution in [1.29, 1.82) is 0 Å². The lowest BCUT2D eigenvalue weighted by atomic mass is 9.80. The average Bonchev–Trinajstić information content (AvgIpc) is 2.39. The zero-order valence-electron chi connectivity index (χ0n) is 12.4. The van der Waals surface area contributed by atoms with Crippen LogP contribution in [-0.2, 0) is 0 Å². The Balaban J connectivity index is 1.64. The van der Waals surface area contributed by atoms with Crippen molar-refractivity contribution in [3.8, 4) is 0 Å². The van der Waals surface area contributed by atoms with Crippen LogP contribution >= 0.6 is 11.8 Å². The van der Waals surface area contributed by atoms with Crippen molar-refractivity contribution in [2.75, 3.05) is 0 Å². The summed E-state index contributed by atoms with van der Waals surface area (Å²) in [6.07, 6.45) is 8.32. The molecule has 0 saturated heterocycles. The Hall–Kier alpha value is -1.21. The highest BCUT2D eigenvalue weighted by molar-refractivity contribution is 7.99. The first-order valence-corrected chi connectivity index (χ1v) is 9.09. The monoisotopic (exact) mass is 294 g/mol. The molecular weight excluding hydrogens is 272 g/mol. The van der Waals surface area contributed by atoms with Crippen LogP contribution in [0.15, 0.2) is 58.3 Å². The molecular formula is C20H22S. The van der Waals surface area contributed by atoms with Gasteiger partial charge in [0.2, 0.25) is 0 Å². The van der Waals surface area contributed by atoms with Gasteiger partial charge < -0.3 is 0 Å². The second kappa shape index (κ2) is 5.88. The molecule has 0 amide bonds. The number of benzene rings is 2. The third kappa shape index (κ3) is 2.64. The minimum atomic E-state index is 0.810. The molecule has 0 spiro atoms. The highest BCUT2D eigenvalue weighted by atomic mass is 32.2. The molecule has 2 aromatic carbocycles. The van der Waals surface area contributed by atoms with Gasteiger partial charge in [-0.15, -0.1) is 0 Å². The molecule has 1 heteroatoms. The molecule has 0 nitrogen and oxygen atoms in total. The molecule has 108 valence electrons. The van der Waals surface area contributed by atoms with Crippen molar-refractivity contribution < 1.29 is 0 Å². The third-order valence-corrected chi connectivity index (χ3v) is 6.33. The van der Waals surface area contributed by atoms with Crippen LogP contribution in [-0.4, -0.2) is 0 Å². The van der Waals surface area contributed by atoms with Gasteiger partial charge in [-0.05, 0) is 60.8 Å². The maximum Gasteiger partial charge on any atom is 0.0157 e. The summed E-state index contributed by atoms with van der Waals surface area (Å²) in [7, 11) is 0. The molecule has 0 radical (unpaired) electrons. The van der Waals surface area contributed by atoms with Crippen LogP contribution < -0.4 is 0 Å². The fraction of sp³-hybridized carbons (Fsp3) is 0.400. The summed E-state index contributed by atoms with van der Waals surface area (Å²) in [5.74, 6) is 1.62. The molecule has 0 aliphatic heterocycles.